The van der Waals surface area contributed by atoms with Crippen molar-refractivity contribution in [3.05, 3.63) is 70.8 Å². The summed E-state index contributed by atoms with van der Waals surface area (Å²) in [5, 5.41) is 10.4. The zero-order valence-corrected chi connectivity index (χ0v) is 11.9. The highest BCUT2D eigenvalue weighted by atomic mass is 16.3. The molecule has 0 saturated heterocycles. The Kier molecular flexibility index (Phi) is 4.39. The number of aliphatic hydroxyl groups excluding tert-OH is 1. The van der Waals surface area contributed by atoms with Gasteiger partial charge in [-0.1, -0.05) is 67.9 Å². The third kappa shape index (κ3) is 3.68. The molecule has 2 aromatic rings. The van der Waals surface area contributed by atoms with E-state index in [1.54, 1.807) is 0 Å². The molecule has 0 bridgehead atoms. The van der Waals surface area contributed by atoms with Crippen molar-refractivity contribution in [3.63, 3.8) is 0 Å². The Hall–Kier alpha value is -1.60. The summed E-state index contributed by atoms with van der Waals surface area (Å²) in [6.07, 6.45) is 0.516. The topological polar surface area (TPSA) is 20.2 Å². The largest absolute Gasteiger partial charge is 0.384 e. The molecular formula is C18H22O. The monoisotopic (exact) mass is 254 g/mol. The van der Waals surface area contributed by atoms with Crippen LogP contribution in [0.3, 0.4) is 0 Å². The maximum Gasteiger partial charge on any atom is 0.104 e. The first-order valence-electron chi connectivity index (χ1n) is 6.89. The van der Waals surface area contributed by atoms with Crippen LogP contribution in [0.1, 0.15) is 42.2 Å². The summed E-state index contributed by atoms with van der Waals surface area (Å²) < 4.78 is 0. The van der Waals surface area contributed by atoms with Crippen molar-refractivity contribution in [3.8, 4) is 0 Å². The molecule has 1 unspecified atom stereocenters. The van der Waals surface area contributed by atoms with Crippen LogP contribution in [-0.2, 0) is 6.42 Å². The minimum absolute atomic E-state index is 0.535. The fraction of sp³-hybridized carbons (Fsp3) is 0.333. The Bertz CT molecular complexity index is 526. The first-order chi connectivity index (χ1) is 9.06. The van der Waals surface area contributed by atoms with Crippen molar-refractivity contribution < 1.29 is 5.11 Å². The van der Waals surface area contributed by atoms with Gasteiger partial charge in [0, 0.05) is 0 Å². The molecular weight excluding hydrogens is 232 g/mol. The summed E-state index contributed by atoms with van der Waals surface area (Å²) in [6, 6.07) is 16.3. The fourth-order valence-electron chi connectivity index (χ4n) is 2.30. The molecule has 0 aliphatic rings. The quantitative estimate of drug-likeness (QED) is 0.863. The van der Waals surface area contributed by atoms with E-state index in [1.807, 2.05) is 36.4 Å². The zero-order valence-electron chi connectivity index (χ0n) is 11.9. The smallest absolute Gasteiger partial charge is 0.104 e. The van der Waals surface area contributed by atoms with E-state index < -0.39 is 6.10 Å². The third-order valence-corrected chi connectivity index (χ3v) is 3.30. The van der Waals surface area contributed by atoms with Gasteiger partial charge >= 0.3 is 0 Å². The SMILES string of the molecule is Cc1ccc(C(O)c2cccc(CC(C)C)c2)cc1. The van der Waals surface area contributed by atoms with Gasteiger partial charge in [0.2, 0.25) is 0 Å². The molecule has 0 amide bonds. The molecule has 0 radical (unpaired) electrons. The van der Waals surface area contributed by atoms with E-state index in [0.717, 1.165) is 17.5 Å². The first-order valence-corrected chi connectivity index (χ1v) is 6.89. The van der Waals surface area contributed by atoms with Crippen LogP contribution < -0.4 is 0 Å². The molecule has 0 heterocycles. The zero-order chi connectivity index (χ0) is 13.8. The Morgan fingerprint density at radius 1 is 0.947 bits per heavy atom. The molecule has 2 rings (SSSR count). The van der Waals surface area contributed by atoms with Crippen LogP contribution in [0, 0.1) is 12.8 Å². The fourth-order valence-corrected chi connectivity index (χ4v) is 2.30. The summed E-state index contributed by atoms with van der Waals surface area (Å²) in [7, 11) is 0. The van der Waals surface area contributed by atoms with Gasteiger partial charge < -0.3 is 5.11 Å². The van der Waals surface area contributed by atoms with E-state index in [9.17, 15) is 5.11 Å². The van der Waals surface area contributed by atoms with Crippen molar-refractivity contribution >= 4 is 0 Å². The molecule has 0 aromatic heterocycles. The molecule has 1 nitrogen and oxygen atoms in total. The summed E-state index contributed by atoms with van der Waals surface area (Å²) in [5.41, 5.74) is 4.43. The minimum atomic E-state index is -0.535. The molecule has 1 N–H and O–H groups in total. The van der Waals surface area contributed by atoms with E-state index in [4.69, 9.17) is 0 Å². The summed E-state index contributed by atoms with van der Waals surface area (Å²) in [4.78, 5) is 0. The molecule has 0 aliphatic carbocycles. The minimum Gasteiger partial charge on any atom is -0.384 e. The van der Waals surface area contributed by atoms with Crippen LogP contribution in [0.2, 0.25) is 0 Å². The summed E-state index contributed by atoms with van der Waals surface area (Å²) in [6.45, 7) is 6.48. The predicted molar refractivity (Wildman–Crippen MR) is 80.2 cm³/mol. The maximum absolute atomic E-state index is 10.4. The molecule has 0 aliphatic heterocycles. The molecule has 0 saturated carbocycles. The van der Waals surface area contributed by atoms with Crippen LogP contribution in [-0.4, -0.2) is 5.11 Å². The van der Waals surface area contributed by atoms with Crippen molar-refractivity contribution in [1.82, 2.24) is 0 Å². The molecule has 19 heavy (non-hydrogen) atoms. The Labute approximate surface area is 115 Å². The van der Waals surface area contributed by atoms with Crippen molar-refractivity contribution in [2.75, 3.05) is 0 Å². The van der Waals surface area contributed by atoms with Crippen molar-refractivity contribution in [2.24, 2.45) is 5.92 Å². The number of hydrogen-bond acceptors (Lipinski definition) is 1. The average molecular weight is 254 g/mol. The molecule has 2 aromatic carbocycles. The number of hydrogen-bond donors (Lipinski definition) is 1. The van der Waals surface area contributed by atoms with Gasteiger partial charge in [-0.25, -0.2) is 0 Å². The highest BCUT2D eigenvalue weighted by molar-refractivity contribution is 5.33. The van der Waals surface area contributed by atoms with Crippen LogP contribution in [0.5, 0.6) is 0 Å². The second-order valence-electron chi connectivity index (χ2n) is 5.66. The lowest BCUT2D eigenvalue weighted by molar-refractivity contribution is 0.220. The summed E-state index contributed by atoms with van der Waals surface area (Å²) in [5.74, 6) is 0.631. The molecule has 0 fully saturated rings. The standard InChI is InChI=1S/C18H22O/c1-13(2)11-15-5-4-6-17(12-15)18(19)16-9-7-14(3)8-10-16/h4-10,12-13,18-19H,11H2,1-3H3. The van der Waals surface area contributed by atoms with E-state index in [-0.39, 0.29) is 0 Å². The summed E-state index contributed by atoms with van der Waals surface area (Å²) >= 11 is 0. The van der Waals surface area contributed by atoms with Crippen LogP contribution >= 0.6 is 0 Å². The van der Waals surface area contributed by atoms with Gasteiger partial charge in [0.05, 0.1) is 0 Å². The lowest BCUT2D eigenvalue weighted by Gasteiger charge is -2.14. The van der Waals surface area contributed by atoms with Gasteiger partial charge in [-0.05, 0) is 36.0 Å². The van der Waals surface area contributed by atoms with E-state index in [0.29, 0.717) is 5.92 Å². The highest BCUT2D eigenvalue weighted by Gasteiger charge is 2.10. The number of aliphatic hydroxyl groups is 1. The lowest BCUT2D eigenvalue weighted by atomic mass is 9.96. The van der Waals surface area contributed by atoms with Gasteiger partial charge in [0.15, 0.2) is 0 Å². The number of aryl methyl sites for hydroxylation is 1. The molecule has 1 atom stereocenters. The van der Waals surface area contributed by atoms with Gasteiger partial charge in [-0.15, -0.1) is 0 Å². The van der Waals surface area contributed by atoms with E-state index in [1.165, 1.54) is 11.1 Å². The molecule has 1 heteroatoms. The van der Waals surface area contributed by atoms with Crippen LogP contribution in [0.4, 0.5) is 0 Å². The van der Waals surface area contributed by atoms with Gasteiger partial charge in [0.25, 0.3) is 0 Å². The maximum atomic E-state index is 10.4. The Morgan fingerprint density at radius 2 is 1.63 bits per heavy atom. The third-order valence-electron chi connectivity index (χ3n) is 3.30. The van der Waals surface area contributed by atoms with Crippen LogP contribution in [0.25, 0.3) is 0 Å². The normalized spacial score (nSPS) is 12.7. The van der Waals surface area contributed by atoms with E-state index >= 15 is 0 Å². The second kappa shape index (κ2) is 6.03. The van der Waals surface area contributed by atoms with Gasteiger partial charge in [-0.3, -0.25) is 0 Å². The number of rotatable bonds is 4. The second-order valence-corrected chi connectivity index (χ2v) is 5.66. The van der Waals surface area contributed by atoms with Gasteiger partial charge in [0.1, 0.15) is 6.10 Å². The van der Waals surface area contributed by atoms with Crippen molar-refractivity contribution in [1.29, 1.82) is 0 Å². The van der Waals surface area contributed by atoms with Crippen LogP contribution in [0.15, 0.2) is 48.5 Å². The Morgan fingerprint density at radius 3 is 2.26 bits per heavy atom. The average Bonchev–Trinajstić information content (AvgIpc) is 2.38. The van der Waals surface area contributed by atoms with Crippen molar-refractivity contribution in [2.45, 2.75) is 33.3 Å². The van der Waals surface area contributed by atoms with E-state index in [2.05, 4.69) is 32.9 Å². The first kappa shape index (κ1) is 13.8. The van der Waals surface area contributed by atoms with Gasteiger partial charge in [-0.2, -0.15) is 0 Å². The number of benzene rings is 2. The molecule has 0 spiro atoms. The lowest BCUT2D eigenvalue weighted by Crippen LogP contribution is -2.01. The highest BCUT2D eigenvalue weighted by Crippen LogP contribution is 2.23. The Balaban J connectivity index is 2.23. The molecule has 100 valence electrons. The predicted octanol–water partition coefficient (Wildman–Crippen LogP) is 4.28.